The van der Waals surface area contributed by atoms with E-state index in [9.17, 15) is 4.79 Å². The lowest BCUT2D eigenvalue weighted by Gasteiger charge is -2.03. The van der Waals surface area contributed by atoms with Gasteiger partial charge in [0.25, 0.3) is 0 Å². The molecule has 5 nitrogen and oxygen atoms in total. The number of ether oxygens (including phenoxy) is 3. The van der Waals surface area contributed by atoms with Crippen molar-refractivity contribution in [3.8, 4) is 0 Å². The molecule has 0 unspecified atom stereocenters. The van der Waals surface area contributed by atoms with Crippen LogP contribution in [0.2, 0.25) is 0 Å². The molecular formula is C8H16O5. The minimum Gasteiger partial charge on any atom is -0.480 e. The molecule has 0 bridgehead atoms. The van der Waals surface area contributed by atoms with Crippen molar-refractivity contribution < 1.29 is 24.1 Å². The Morgan fingerprint density at radius 2 is 1.85 bits per heavy atom. The fourth-order valence-corrected chi connectivity index (χ4v) is 0.667. The van der Waals surface area contributed by atoms with E-state index in [-0.39, 0.29) is 6.61 Å². The summed E-state index contributed by atoms with van der Waals surface area (Å²) in [6, 6.07) is 0. The number of hydrogen-bond acceptors (Lipinski definition) is 4. The Balaban J connectivity index is 2.87. The molecule has 0 aromatic rings. The lowest BCUT2D eigenvalue weighted by atomic mass is 10.5. The molecule has 0 amide bonds. The van der Waals surface area contributed by atoms with Crippen LogP contribution in [0.25, 0.3) is 0 Å². The van der Waals surface area contributed by atoms with Gasteiger partial charge in [0.05, 0.1) is 13.2 Å². The molecule has 13 heavy (non-hydrogen) atoms. The van der Waals surface area contributed by atoms with Crippen LogP contribution in [0.15, 0.2) is 0 Å². The van der Waals surface area contributed by atoms with E-state index in [0.717, 1.165) is 0 Å². The summed E-state index contributed by atoms with van der Waals surface area (Å²) in [6.45, 7) is 1.89. The van der Waals surface area contributed by atoms with E-state index >= 15 is 0 Å². The highest BCUT2D eigenvalue weighted by Gasteiger charge is 1.95. The number of rotatable bonds is 9. The summed E-state index contributed by atoms with van der Waals surface area (Å²) in [4.78, 5) is 10.0. The van der Waals surface area contributed by atoms with Gasteiger partial charge in [0.15, 0.2) is 0 Å². The lowest BCUT2D eigenvalue weighted by Crippen LogP contribution is -2.10. The van der Waals surface area contributed by atoms with Crippen molar-refractivity contribution in [3.63, 3.8) is 0 Å². The fraction of sp³-hybridized carbons (Fsp3) is 0.875. The summed E-state index contributed by atoms with van der Waals surface area (Å²) < 4.78 is 14.7. The Kier molecular flexibility index (Phi) is 8.97. The van der Waals surface area contributed by atoms with Crippen molar-refractivity contribution in [1.29, 1.82) is 0 Å². The van der Waals surface area contributed by atoms with E-state index in [1.165, 1.54) is 0 Å². The highest BCUT2D eigenvalue weighted by Crippen LogP contribution is 1.85. The maximum Gasteiger partial charge on any atom is 0.329 e. The topological polar surface area (TPSA) is 65.0 Å². The van der Waals surface area contributed by atoms with Gasteiger partial charge in [-0.3, -0.25) is 0 Å². The van der Waals surface area contributed by atoms with E-state index in [0.29, 0.717) is 32.8 Å². The number of hydrogen-bond donors (Lipinski definition) is 1. The second kappa shape index (κ2) is 9.44. The molecule has 0 rings (SSSR count). The molecule has 0 fully saturated rings. The van der Waals surface area contributed by atoms with Crippen molar-refractivity contribution in [3.05, 3.63) is 0 Å². The van der Waals surface area contributed by atoms with E-state index in [1.54, 1.807) is 7.11 Å². The molecule has 0 atom stereocenters. The van der Waals surface area contributed by atoms with Crippen LogP contribution < -0.4 is 0 Å². The molecule has 0 saturated heterocycles. The number of methoxy groups -OCH3 is 1. The van der Waals surface area contributed by atoms with E-state index in [1.807, 2.05) is 0 Å². The third kappa shape index (κ3) is 11.3. The zero-order valence-electron chi connectivity index (χ0n) is 7.82. The summed E-state index contributed by atoms with van der Waals surface area (Å²) >= 11 is 0. The van der Waals surface area contributed by atoms with Gasteiger partial charge in [-0.15, -0.1) is 0 Å². The average molecular weight is 192 g/mol. The molecule has 5 heteroatoms. The molecule has 0 radical (unpaired) electrons. The molecule has 0 aliphatic heterocycles. The summed E-state index contributed by atoms with van der Waals surface area (Å²) in [6.07, 6.45) is 0.705. The van der Waals surface area contributed by atoms with Crippen LogP contribution in [-0.2, 0) is 19.0 Å². The predicted octanol–water partition coefficient (Wildman–Crippen LogP) is 0.141. The van der Waals surface area contributed by atoms with Gasteiger partial charge in [-0.25, -0.2) is 4.79 Å². The minimum atomic E-state index is -0.944. The highest BCUT2D eigenvalue weighted by atomic mass is 16.5. The molecule has 0 saturated carbocycles. The van der Waals surface area contributed by atoms with Crippen molar-refractivity contribution >= 4 is 5.97 Å². The van der Waals surface area contributed by atoms with Crippen molar-refractivity contribution in [1.82, 2.24) is 0 Å². The van der Waals surface area contributed by atoms with Crippen LogP contribution in [0.4, 0.5) is 0 Å². The van der Waals surface area contributed by atoms with Gasteiger partial charge in [-0.05, 0) is 6.42 Å². The van der Waals surface area contributed by atoms with Crippen LogP contribution in [0.5, 0.6) is 0 Å². The van der Waals surface area contributed by atoms with Gasteiger partial charge in [0, 0.05) is 20.3 Å². The second-order valence-corrected chi connectivity index (χ2v) is 2.41. The maximum atomic E-state index is 10.0. The van der Waals surface area contributed by atoms with Crippen molar-refractivity contribution in [2.75, 3.05) is 40.1 Å². The Morgan fingerprint density at radius 1 is 1.15 bits per heavy atom. The summed E-state index contributed by atoms with van der Waals surface area (Å²) in [5, 5.41) is 8.21. The first-order valence-electron chi connectivity index (χ1n) is 4.13. The van der Waals surface area contributed by atoms with Gasteiger partial charge >= 0.3 is 5.97 Å². The van der Waals surface area contributed by atoms with Gasteiger partial charge in [0.1, 0.15) is 6.61 Å². The van der Waals surface area contributed by atoms with Crippen molar-refractivity contribution in [2.24, 2.45) is 0 Å². The quantitative estimate of drug-likeness (QED) is 0.526. The zero-order chi connectivity index (χ0) is 9.94. The van der Waals surface area contributed by atoms with Crippen LogP contribution in [0.3, 0.4) is 0 Å². The summed E-state index contributed by atoms with van der Waals surface area (Å²) in [7, 11) is 1.61. The molecule has 0 spiro atoms. The molecule has 0 aliphatic carbocycles. The first-order valence-corrected chi connectivity index (χ1v) is 4.13. The second-order valence-electron chi connectivity index (χ2n) is 2.41. The first kappa shape index (κ1) is 12.3. The Labute approximate surface area is 77.6 Å². The molecule has 0 aromatic heterocycles. The van der Waals surface area contributed by atoms with Crippen LogP contribution >= 0.6 is 0 Å². The molecule has 1 N–H and O–H groups in total. The summed E-state index contributed by atoms with van der Waals surface area (Å²) in [5.74, 6) is -0.944. The maximum absolute atomic E-state index is 10.0. The molecule has 0 heterocycles. The largest absolute Gasteiger partial charge is 0.480 e. The van der Waals surface area contributed by atoms with E-state index in [4.69, 9.17) is 19.3 Å². The minimum absolute atomic E-state index is 0.238. The smallest absolute Gasteiger partial charge is 0.329 e. The van der Waals surface area contributed by atoms with Gasteiger partial charge < -0.3 is 19.3 Å². The van der Waals surface area contributed by atoms with Gasteiger partial charge in [-0.1, -0.05) is 0 Å². The number of carboxylic acids is 1. The van der Waals surface area contributed by atoms with Crippen LogP contribution in [0.1, 0.15) is 6.42 Å². The Bertz CT molecular complexity index is 126. The van der Waals surface area contributed by atoms with Crippen LogP contribution in [-0.4, -0.2) is 51.2 Å². The third-order valence-electron chi connectivity index (χ3n) is 1.23. The fourth-order valence-electron chi connectivity index (χ4n) is 0.667. The predicted molar refractivity (Wildman–Crippen MR) is 45.8 cm³/mol. The number of carbonyl (C=O) groups is 1. The molecule has 0 aromatic carbocycles. The van der Waals surface area contributed by atoms with E-state index < -0.39 is 5.97 Å². The SMILES string of the molecule is COCCOCCCOCC(=O)O. The normalized spacial score (nSPS) is 10.2. The number of carboxylic acid groups (broad SMARTS) is 1. The molecule has 0 aliphatic rings. The van der Waals surface area contributed by atoms with Gasteiger partial charge in [-0.2, -0.15) is 0 Å². The molecular weight excluding hydrogens is 176 g/mol. The standard InChI is InChI=1S/C8H16O5/c1-11-5-6-12-3-2-4-13-7-8(9)10/h2-7H2,1H3,(H,9,10). The number of aliphatic carboxylic acids is 1. The van der Waals surface area contributed by atoms with E-state index in [2.05, 4.69) is 0 Å². The van der Waals surface area contributed by atoms with Crippen LogP contribution in [0, 0.1) is 0 Å². The van der Waals surface area contributed by atoms with Crippen molar-refractivity contribution in [2.45, 2.75) is 6.42 Å². The van der Waals surface area contributed by atoms with Gasteiger partial charge in [0.2, 0.25) is 0 Å². The highest BCUT2D eigenvalue weighted by molar-refractivity contribution is 5.67. The Morgan fingerprint density at radius 3 is 2.46 bits per heavy atom. The lowest BCUT2D eigenvalue weighted by molar-refractivity contribution is -0.142. The Hall–Kier alpha value is -0.650. The first-order chi connectivity index (χ1) is 6.27. The summed E-state index contributed by atoms with van der Waals surface area (Å²) in [5.41, 5.74) is 0. The third-order valence-corrected chi connectivity index (χ3v) is 1.23. The monoisotopic (exact) mass is 192 g/mol. The average Bonchev–Trinajstić information content (AvgIpc) is 2.09. The zero-order valence-corrected chi connectivity index (χ0v) is 7.82. The molecule has 78 valence electrons.